The van der Waals surface area contributed by atoms with E-state index >= 15 is 0 Å². The Hall–Kier alpha value is -2.69. The molecule has 0 spiro atoms. The van der Waals surface area contributed by atoms with Crippen LogP contribution in [0.3, 0.4) is 0 Å². The molecule has 0 unspecified atom stereocenters. The number of nitrogens with zero attached hydrogens (tertiary/aromatic N) is 1. The summed E-state index contributed by atoms with van der Waals surface area (Å²) in [4.78, 5) is 14.5. The fourth-order valence-electron chi connectivity index (χ4n) is 2.54. The minimum absolute atomic E-state index is 0.0471. The van der Waals surface area contributed by atoms with Crippen molar-refractivity contribution in [3.63, 3.8) is 0 Å². The van der Waals surface area contributed by atoms with Crippen LogP contribution in [0.4, 0.5) is 0 Å². The first kappa shape index (κ1) is 15.2. The molecule has 0 bridgehead atoms. The van der Waals surface area contributed by atoms with Gasteiger partial charge in [0.2, 0.25) is 0 Å². The third kappa shape index (κ3) is 3.94. The molecule has 0 saturated heterocycles. The summed E-state index contributed by atoms with van der Waals surface area (Å²) < 4.78 is 10.7. The van der Waals surface area contributed by atoms with Crippen LogP contribution in [-0.4, -0.2) is 22.5 Å². The van der Waals surface area contributed by atoms with Crippen LogP contribution in [0.2, 0.25) is 0 Å². The molecule has 1 aromatic carbocycles. The molecular weight excluding hydrogens is 294 g/mol. The van der Waals surface area contributed by atoms with E-state index in [9.17, 15) is 9.90 Å². The summed E-state index contributed by atoms with van der Waals surface area (Å²) >= 11 is 0. The lowest BCUT2D eigenvalue weighted by atomic mass is 10.1. The fraction of sp³-hybridized carbons (Fsp3) is 0.278. The molecule has 1 N–H and O–H groups in total. The molecule has 0 radical (unpaired) electrons. The van der Waals surface area contributed by atoms with Gasteiger partial charge >= 0.3 is 0 Å². The first-order valence-electron chi connectivity index (χ1n) is 7.62. The third-order valence-electron chi connectivity index (χ3n) is 3.73. The van der Waals surface area contributed by atoms with Gasteiger partial charge in [0.25, 0.3) is 5.91 Å². The highest BCUT2D eigenvalue weighted by molar-refractivity contribution is 5.93. The summed E-state index contributed by atoms with van der Waals surface area (Å²) in [5.74, 6) is 0.893. The van der Waals surface area contributed by atoms with Crippen molar-refractivity contribution < 1.29 is 19.1 Å². The maximum Gasteiger partial charge on any atom is 0.253 e. The van der Waals surface area contributed by atoms with Crippen LogP contribution in [-0.2, 0) is 22.6 Å². The molecule has 1 aliphatic heterocycles. The lowest BCUT2D eigenvalue weighted by Crippen LogP contribution is -2.32. The Morgan fingerprint density at radius 3 is 2.65 bits per heavy atom. The SMILES string of the molecule is O=C(C1=COCCC1)N(Cc1ccc(O)cc1)Cc1ccco1. The van der Waals surface area contributed by atoms with Gasteiger partial charge < -0.3 is 19.2 Å². The van der Waals surface area contributed by atoms with E-state index in [-0.39, 0.29) is 11.7 Å². The number of aromatic hydroxyl groups is 1. The number of benzene rings is 1. The van der Waals surface area contributed by atoms with E-state index in [1.54, 1.807) is 29.6 Å². The normalized spacial score (nSPS) is 14.0. The highest BCUT2D eigenvalue weighted by Gasteiger charge is 2.21. The molecule has 5 nitrogen and oxygen atoms in total. The van der Waals surface area contributed by atoms with Gasteiger partial charge in [-0.05, 0) is 42.7 Å². The molecule has 2 heterocycles. The van der Waals surface area contributed by atoms with Gasteiger partial charge in [-0.25, -0.2) is 0 Å². The van der Waals surface area contributed by atoms with E-state index in [0.717, 1.165) is 24.2 Å². The number of rotatable bonds is 5. The quantitative estimate of drug-likeness (QED) is 0.920. The van der Waals surface area contributed by atoms with Crippen LogP contribution >= 0.6 is 0 Å². The summed E-state index contributed by atoms with van der Waals surface area (Å²) in [5.41, 5.74) is 1.63. The number of hydrogen-bond acceptors (Lipinski definition) is 4. The predicted octanol–water partition coefficient (Wildman–Crippen LogP) is 3.21. The zero-order valence-corrected chi connectivity index (χ0v) is 12.8. The van der Waals surface area contributed by atoms with Crippen LogP contribution in [0.25, 0.3) is 0 Å². The van der Waals surface area contributed by atoms with Gasteiger partial charge in [0, 0.05) is 6.54 Å². The molecule has 0 fully saturated rings. The molecule has 23 heavy (non-hydrogen) atoms. The van der Waals surface area contributed by atoms with E-state index in [2.05, 4.69) is 0 Å². The van der Waals surface area contributed by atoms with Gasteiger partial charge in [0.05, 0.1) is 31.2 Å². The van der Waals surface area contributed by atoms with Gasteiger partial charge in [0.15, 0.2) is 0 Å². The molecule has 2 aromatic rings. The number of hydrogen-bond donors (Lipinski definition) is 1. The Labute approximate surface area is 134 Å². The van der Waals surface area contributed by atoms with E-state index in [1.165, 1.54) is 0 Å². The Morgan fingerprint density at radius 2 is 2.00 bits per heavy atom. The van der Waals surface area contributed by atoms with E-state index in [0.29, 0.717) is 25.3 Å². The van der Waals surface area contributed by atoms with Gasteiger partial charge in [0.1, 0.15) is 11.5 Å². The van der Waals surface area contributed by atoms with Crippen molar-refractivity contribution in [2.24, 2.45) is 0 Å². The van der Waals surface area contributed by atoms with Crippen molar-refractivity contribution in [3.8, 4) is 5.75 Å². The Morgan fingerprint density at radius 1 is 1.17 bits per heavy atom. The third-order valence-corrected chi connectivity index (χ3v) is 3.73. The fourth-order valence-corrected chi connectivity index (χ4v) is 2.54. The number of phenols is 1. The van der Waals surface area contributed by atoms with Gasteiger partial charge in [-0.3, -0.25) is 4.79 Å². The number of amides is 1. The second-order valence-corrected chi connectivity index (χ2v) is 5.52. The second kappa shape index (κ2) is 7.05. The minimum atomic E-state index is -0.0471. The maximum absolute atomic E-state index is 12.8. The van der Waals surface area contributed by atoms with Crippen molar-refractivity contribution in [1.82, 2.24) is 4.90 Å². The highest BCUT2D eigenvalue weighted by atomic mass is 16.5. The molecule has 0 saturated carbocycles. The Kier molecular flexibility index (Phi) is 4.66. The zero-order valence-electron chi connectivity index (χ0n) is 12.8. The summed E-state index contributed by atoms with van der Waals surface area (Å²) in [6.45, 7) is 1.49. The van der Waals surface area contributed by atoms with Crippen LogP contribution in [0.1, 0.15) is 24.2 Å². The van der Waals surface area contributed by atoms with Crippen LogP contribution in [0.15, 0.2) is 58.9 Å². The Balaban J connectivity index is 1.79. The minimum Gasteiger partial charge on any atom is -0.508 e. The average Bonchev–Trinajstić information content (AvgIpc) is 3.09. The van der Waals surface area contributed by atoms with Gasteiger partial charge in [-0.1, -0.05) is 12.1 Å². The van der Waals surface area contributed by atoms with Crippen LogP contribution in [0, 0.1) is 0 Å². The van der Waals surface area contributed by atoms with Crippen LogP contribution < -0.4 is 0 Å². The van der Waals surface area contributed by atoms with E-state index in [1.807, 2.05) is 24.3 Å². The number of carbonyl (C=O) groups is 1. The van der Waals surface area contributed by atoms with Gasteiger partial charge in [-0.15, -0.1) is 0 Å². The maximum atomic E-state index is 12.8. The van der Waals surface area contributed by atoms with Crippen molar-refractivity contribution >= 4 is 5.91 Å². The molecule has 3 rings (SSSR count). The number of phenolic OH excluding ortho intramolecular Hbond substituents is 1. The van der Waals surface area contributed by atoms with E-state index < -0.39 is 0 Å². The van der Waals surface area contributed by atoms with E-state index in [4.69, 9.17) is 9.15 Å². The number of carbonyl (C=O) groups excluding carboxylic acids is 1. The largest absolute Gasteiger partial charge is 0.508 e. The zero-order chi connectivity index (χ0) is 16.1. The molecule has 1 aliphatic rings. The second-order valence-electron chi connectivity index (χ2n) is 5.52. The molecule has 120 valence electrons. The number of furan rings is 1. The van der Waals surface area contributed by atoms with Crippen molar-refractivity contribution in [2.45, 2.75) is 25.9 Å². The first-order chi connectivity index (χ1) is 11.2. The monoisotopic (exact) mass is 313 g/mol. The molecule has 1 amide bonds. The summed E-state index contributed by atoms with van der Waals surface area (Å²) in [5, 5.41) is 9.39. The van der Waals surface area contributed by atoms with Crippen molar-refractivity contribution in [2.75, 3.05) is 6.61 Å². The average molecular weight is 313 g/mol. The highest BCUT2D eigenvalue weighted by Crippen LogP contribution is 2.20. The summed E-state index contributed by atoms with van der Waals surface area (Å²) in [6, 6.07) is 10.5. The lowest BCUT2D eigenvalue weighted by Gasteiger charge is -2.24. The first-order valence-corrected chi connectivity index (χ1v) is 7.62. The molecule has 5 heteroatoms. The molecule has 1 aromatic heterocycles. The Bertz CT molecular complexity index is 674. The molecular formula is C18H19NO4. The predicted molar refractivity (Wildman–Crippen MR) is 84.3 cm³/mol. The van der Waals surface area contributed by atoms with Crippen molar-refractivity contribution in [1.29, 1.82) is 0 Å². The molecule has 0 atom stereocenters. The topological polar surface area (TPSA) is 62.9 Å². The van der Waals surface area contributed by atoms with Crippen LogP contribution in [0.5, 0.6) is 5.75 Å². The van der Waals surface area contributed by atoms with Crippen molar-refractivity contribution in [3.05, 3.63) is 65.8 Å². The molecule has 0 aliphatic carbocycles. The smallest absolute Gasteiger partial charge is 0.253 e. The summed E-state index contributed by atoms with van der Waals surface area (Å²) in [6.07, 6.45) is 4.74. The lowest BCUT2D eigenvalue weighted by molar-refractivity contribution is -0.129. The van der Waals surface area contributed by atoms with Gasteiger partial charge in [-0.2, -0.15) is 0 Å². The number of ether oxygens (including phenoxy) is 1. The summed E-state index contributed by atoms with van der Waals surface area (Å²) in [7, 11) is 0. The standard InChI is InChI=1S/C18H19NO4/c20-16-7-5-14(6-8-16)11-19(12-17-4-2-10-23-17)18(21)15-3-1-9-22-13-15/h2,4-8,10,13,20H,1,3,9,11-12H2.